The van der Waals surface area contributed by atoms with Gasteiger partial charge in [-0.2, -0.15) is 5.10 Å². The van der Waals surface area contributed by atoms with Gasteiger partial charge in [-0.25, -0.2) is 0 Å². The number of aryl methyl sites for hydroxylation is 1. The molecule has 0 fully saturated rings. The molecule has 0 aliphatic carbocycles. The summed E-state index contributed by atoms with van der Waals surface area (Å²) in [7, 11) is 1.96. The second-order valence-electron chi connectivity index (χ2n) is 5.19. The van der Waals surface area contributed by atoms with E-state index in [1.165, 1.54) is 11.1 Å². The second-order valence-corrected chi connectivity index (χ2v) is 5.60. The largest absolute Gasteiger partial charge is 0.308 e. The third-order valence-corrected chi connectivity index (χ3v) is 3.88. The number of nitrogens with zero attached hydrogens (tertiary/aromatic N) is 2. The lowest BCUT2D eigenvalue weighted by Crippen LogP contribution is -2.23. The van der Waals surface area contributed by atoms with E-state index in [0.29, 0.717) is 5.02 Å². The molecular weight excluding hydrogens is 270 g/mol. The summed E-state index contributed by atoms with van der Waals surface area (Å²) in [5, 5.41) is 8.51. The zero-order valence-corrected chi connectivity index (χ0v) is 13.3. The highest BCUT2D eigenvalue weighted by Crippen LogP contribution is 2.31. The third-order valence-electron chi connectivity index (χ3n) is 3.59. The molecule has 1 aromatic carbocycles. The normalized spacial score (nSPS) is 12.9. The number of hydrogen-bond donors (Lipinski definition) is 1. The number of benzene rings is 1. The summed E-state index contributed by atoms with van der Waals surface area (Å²) in [5.74, 6) is 0. The molecule has 1 N–H and O–H groups in total. The molecule has 108 valence electrons. The summed E-state index contributed by atoms with van der Waals surface area (Å²) in [4.78, 5) is 0. The number of hydrogen-bond acceptors (Lipinski definition) is 2. The van der Waals surface area contributed by atoms with Crippen molar-refractivity contribution in [2.45, 2.75) is 39.3 Å². The molecule has 0 amide bonds. The van der Waals surface area contributed by atoms with Crippen LogP contribution in [0.2, 0.25) is 5.02 Å². The van der Waals surface area contributed by atoms with Crippen LogP contribution in [0, 0.1) is 0 Å². The maximum atomic E-state index is 6.38. The lowest BCUT2D eigenvalue weighted by atomic mass is 9.96. The van der Waals surface area contributed by atoms with Crippen LogP contribution >= 0.6 is 11.6 Å². The molecule has 20 heavy (non-hydrogen) atoms. The number of rotatable bonds is 5. The van der Waals surface area contributed by atoms with Crippen LogP contribution in [-0.2, 0) is 6.42 Å². The van der Waals surface area contributed by atoms with Gasteiger partial charge in [0.2, 0.25) is 0 Å². The summed E-state index contributed by atoms with van der Waals surface area (Å²) in [6.45, 7) is 6.41. The van der Waals surface area contributed by atoms with Crippen LogP contribution < -0.4 is 5.32 Å². The molecule has 1 aromatic heterocycles. The summed E-state index contributed by atoms with van der Waals surface area (Å²) in [6, 6.07) is 8.82. The molecule has 0 bridgehead atoms. The first-order valence-electron chi connectivity index (χ1n) is 7.08. The van der Waals surface area contributed by atoms with E-state index in [4.69, 9.17) is 11.6 Å². The van der Waals surface area contributed by atoms with E-state index in [0.717, 1.165) is 12.1 Å². The van der Waals surface area contributed by atoms with Crippen molar-refractivity contribution in [3.8, 4) is 0 Å². The summed E-state index contributed by atoms with van der Waals surface area (Å²) in [5.41, 5.74) is 3.63. The topological polar surface area (TPSA) is 29.9 Å². The Morgan fingerprint density at radius 1 is 1.30 bits per heavy atom. The van der Waals surface area contributed by atoms with Crippen LogP contribution in [0.3, 0.4) is 0 Å². The lowest BCUT2D eigenvalue weighted by Gasteiger charge is -2.23. The van der Waals surface area contributed by atoms with Gasteiger partial charge in [0, 0.05) is 6.04 Å². The minimum Gasteiger partial charge on any atom is -0.308 e. The molecule has 2 aromatic rings. The van der Waals surface area contributed by atoms with Crippen LogP contribution in [0.25, 0.3) is 0 Å². The van der Waals surface area contributed by atoms with Gasteiger partial charge in [0.15, 0.2) is 0 Å². The number of halogens is 1. The Morgan fingerprint density at radius 2 is 2.00 bits per heavy atom. The number of nitrogens with one attached hydrogen (secondary N) is 1. The van der Waals surface area contributed by atoms with Gasteiger partial charge in [-0.1, -0.05) is 42.8 Å². The van der Waals surface area contributed by atoms with E-state index < -0.39 is 0 Å². The van der Waals surface area contributed by atoms with E-state index in [1.807, 2.05) is 11.7 Å². The van der Waals surface area contributed by atoms with E-state index >= 15 is 0 Å². The predicted molar refractivity (Wildman–Crippen MR) is 84.3 cm³/mol. The van der Waals surface area contributed by atoms with Crippen LogP contribution in [0.5, 0.6) is 0 Å². The van der Waals surface area contributed by atoms with Crippen molar-refractivity contribution in [3.05, 3.63) is 52.3 Å². The third kappa shape index (κ3) is 2.74. The maximum Gasteiger partial charge on any atom is 0.0837 e. The standard InChI is InChI=1S/C16H22ClN3/c1-5-12-8-6-7-9-13(12)15(18-4)16-14(17)10-19-20(16)11(2)3/h6-11,15,18H,5H2,1-4H3. The minimum absolute atomic E-state index is 0.0588. The Morgan fingerprint density at radius 3 is 2.60 bits per heavy atom. The molecule has 0 aliphatic heterocycles. The summed E-state index contributed by atoms with van der Waals surface area (Å²) >= 11 is 6.38. The quantitative estimate of drug-likeness (QED) is 0.903. The van der Waals surface area contributed by atoms with E-state index in [-0.39, 0.29) is 12.1 Å². The predicted octanol–water partition coefficient (Wildman–Crippen LogP) is 3.99. The Bertz CT molecular complexity index is 575. The fraction of sp³-hybridized carbons (Fsp3) is 0.438. The van der Waals surface area contributed by atoms with Gasteiger partial charge in [-0.05, 0) is 38.4 Å². The summed E-state index contributed by atoms with van der Waals surface area (Å²) < 4.78 is 2.00. The maximum absolute atomic E-state index is 6.38. The highest BCUT2D eigenvalue weighted by molar-refractivity contribution is 6.31. The Hall–Kier alpha value is -1.32. The van der Waals surface area contributed by atoms with Crippen molar-refractivity contribution >= 4 is 11.6 Å². The molecule has 2 rings (SSSR count). The first-order chi connectivity index (χ1) is 9.60. The first-order valence-corrected chi connectivity index (χ1v) is 7.45. The van der Waals surface area contributed by atoms with Crippen LogP contribution in [-0.4, -0.2) is 16.8 Å². The van der Waals surface area contributed by atoms with Crippen molar-refractivity contribution < 1.29 is 0 Å². The smallest absolute Gasteiger partial charge is 0.0837 e. The zero-order chi connectivity index (χ0) is 14.7. The Kier molecular flexibility index (Phi) is 4.84. The van der Waals surface area contributed by atoms with Gasteiger partial charge < -0.3 is 5.32 Å². The molecule has 0 spiro atoms. The van der Waals surface area contributed by atoms with Crippen molar-refractivity contribution in [3.63, 3.8) is 0 Å². The average molecular weight is 292 g/mol. The van der Waals surface area contributed by atoms with Gasteiger partial charge in [-0.3, -0.25) is 4.68 Å². The van der Waals surface area contributed by atoms with Crippen molar-refractivity contribution in [1.82, 2.24) is 15.1 Å². The molecule has 3 nitrogen and oxygen atoms in total. The lowest BCUT2D eigenvalue weighted by molar-refractivity contribution is 0.483. The van der Waals surface area contributed by atoms with Crippen LogP contribution in [0.1, 0.15) is 49.7 Å². The van der Waals surface area contributed by atoms with Crippen LogP contribution in [0.15, 0.2) is 30.5 Å². The first kappa shape index (κ1) is 15.1. The van der Waals surface area contributed by atoms with Crippen LogP contribution in [0.4, 0.5) is 0 Å². The Balaban J connectivity index is 2.55. The highest BCUT2D eigenvalue weighted by atomic mass is 35.5. The van der Waals surface area contributed by atoms with Gasteiger partial charge in [0.25, 0.3) is 0 Å². The fourth-order valence-corrected chi connectivity index (χ4v) is 2.85. The molecule has 0 radical (unpaired) electrons. The molecule has 1 unspecified atom stereocenters. The molecule has 1 atom stereocenters. The van der Waals surface area contributed by atoms with E-state index in [9.17, 15) is 0 Å². The van der Waals surface area contributed by atoms with Crippen molar-refractivity contribution in [1.29, 1.82) is 0 Å². The molecular formula is C16H22ClN3. The van der Waals surface area contributed by atoms with Gasteiger partial charge in [0.05, 0.1) is 23.0 Å². The second kappa shape index (κ2) is 6.42. The monoisotopic (exact) mass is 291 g/mol. The minimum atomic E-state index is 0.0588. The Labute approximate surface area is 126 Å². The SMILES string of the molecule is CCc1ccccc1C(NC)c1c(Cl)cnn1C(C)C. The van der Waals surface area contributed by atoms with Gasteiger partial charge >= 0.3 is 0 Å². The average Bonchev–Trinajstić information content (AvgIpc) is 2.83. The van der Waals surface area contributed by atoms with Gasteiger partial charge in [-0.15, -0.1) is 0 Å². The van der Waals surface area contributed by atoms with Crippen molar-refractivity contribution in [2.75, 3.05) is 7.05 Å². The molecule has 0 aliphatic rings. The fourth-order valence-electron chi connectivity index (χ4n) is 2.61. The molecule has 4 heteroatoms. The van der Waals surface area contributed by atoms with E-state index in [2.05, 4.69) is 55.5 Å². The zero-order valence-electron chi connectivity index (χ0n) is 12.5. The molecule has 1 heterocycles. The molecule has 0 saturated carbocycles. The summed E-state index contributed by atoms with van der Waals surface area (Å²) in [6.07, 6.45) is 2.73. The van der Waals surface area contributed by atoms with Crippen molar-refractivity contribution in [2.24, 2.45) is 0 Å². The number of aromatic nitrogens is 2. The highest BCUT2D eigenvalue weighted by Gasteiger charge is 2.23. The van der Waals surface area contributed by atoms with E-state index in [1.54, 1.807) is 6.20 Å². The molecule has 0 saturated heterocycles. The van der Waals surface area contributed by atoms with Gasteiger partial charge in [0.1, 0.15) is 0 Å².